The zero-order chi connectivity index (χ0) is 18.3. The molecule has 0 saturated carbocycles. The largest absolute Gasteiger partial charge is 0.508 e. The monoisotopic (exact) mass is 367 g/mol. The van der Waals surface area contributed by atoms with E-state index in [1.54, 1.807) is 35.2 Å². The molecule has 1 aliphatic heterocycles. The zero-order valence-corrected chi connectivity index (χ0v) is 14.9. The maximum atomic E-state index is 13.0. The highest BCUT2D eigenvalue weighted by Crippen LogP contribution is 2.44. The molecular weight excluding hydrogens is 350 g/mol. The van der Waals surface area contributed by atoms with Gasteiger partial charge in [0.25, 0.3) is 0 Å². The summed E-state index contributed by atoms with van der Waals surface area (Å²) in [6.45, 7) is 0. The first kappa shape index (κ1) is 16.9. The van der Waals surface area contributed by atoms with Crippen LogP contribution in [-0.2, 0) is 9.59 Å². The summed E-state index contributed by atoms with van der Waals surface area (Å²) < 4.78 is 0. The summed E-state index contributed by atoms with van der Waals surface area (Å²) in [7, 11) is 0. The van der Waals surface area contributed by atoms with Gasteiger partial charge in [-0.2, -0.15) is 0 Å². The van der Waals surface area contributed by atoms with Crippen LogP contribution in [0.15, 0.2) is 59.8 Å². The van der Waals surface area contributed by atoms with E-state index in [2.05, 4.69) is 0 Å². The molecule has 0 fully saturated rings. The molecule has 1 amide bonds. The number of para-hydroxylation sites is 1. The number of halogens is 1. The molecule has 26 heavy (non-hydrogen) atoms. The van der Waals surface area contributed by atoms with Gasteiger partial charge in [0.05, 0.1) is 10.7 Å². The van der Waals surface area contributed by atoms with Gasteiger partial charge in [-0.15, -0.1) is 0 Å². The number of ketones is 1. The summed E-state index contributed by atoms with van der Waals surface area (Å²) in [6, 6.07) is 14.0. The van der Waals surface area contributed by atoms with Gasteiger partial charge in [0.15, 0.2) is 5.78 Å². The van der Waals surface area contributed by atoms with Gasteiger partial charge < -0.3 is 5.11 Å². The van der Waals surface area contributed by atoms with E-state index < -0.39 is 0 Å². The molecular formula is C21H18ClNO3. The predicted molar refractivity (Wildman–Crippen MR) is 100 cm³/mol. The lowest BCUT2D eigenvalue weighted by molar-refractivity contribution is -0.119. The minimum atomic E-state index is -0.273. The van der Waals surface area contributed by atoms with Crippen LogP contribution >= 0.6 is 11.6 Å². The first-order valence-electron chi connectivity index (χ1n) is 8.69. The van der Waals surface area contributed by atoms with Crippen LogP contribution in [-0.4, -0.2) is 16.8 Å². The first-order valence-corrected chi connectivity index (χ1v) is 9.06. The molecule has 0 saturated heterocycles. The van der Waals surface area contributed by atoms with E-state index in [9.17, 15) is 14.7 Å². The molecule has 1 aliphatic carbocycles. The van der Waals surface area contributed by atoms with Crippen molar-refractivity contribution >= 4 is 29.0 Å². The Bertz CT molecular complexity index is 917. The van der Waals surface area contributed by atoms with E-state index in [1.807, 2.05) is 18.2 Å². The van der Waals surface area contributed by atoms with Crippen molar-refractivity contribution in [2.45, 2.75) is 31.6 Å². The number of Topliss-reactive ketones (excluding diaryl/α,β-unsaturated/α-hetero) is 1. The molecule has 0 spiro atoms. The molecule has 5 heteroatoms. The maximum Gasteiger partial charge on any atom is 0.232 e. The van der Waals surface area contributed by atoms with Crippen molar-refractivity contribution < 1.29 is 14.7 Å². The minimum absolute atomic E-state index is 0.0652. The Morgan fingerprint density at radius 2 is 1.73 bits per heavy atom. The van der Waals surface area contributed by atoms with Crippen molar-refractivity contribution in [3.8, 4) is 5.75 Å². The molecule has 2 aliphatic rings. The Balaban J connectivity index is 1.87. The highest BCUT2D eigenvalue weighted by molar-refractivity contribution is 6.34. The number of carbonyl (C=O) groups excluding carboxylic acids is 2. The number of benzene rings is 2. The van der Waals surface area contributed by atoms with Gasteiger partial charge in [0.1, 0.15) is 5.75 Å². The van der Waals surface area contributed by atoms with Gasteiger partial charge in [0.2, 0.25) is 5.91 Å². The highest BCUT2D eigenvalue weighted by atomic mass is 35.5. The number of nitrogens with zero attached hydrogens (tertiary/aromatic N) is 1. The van der Waals surface area contributed by atoms with Crippen molar-refractivity contribution in [3.05, 3.63) is 70.4 Å². The summed E-state index contributed by atoms with van der Waals surface area (Å²) in [5.74, 6) is -0.0825. The van der Waals surface area contributed by atoms with Crippen LogP contribution in [0.3, 0.4) is 0 Å². The second kappa shape index (κ2) is 6.61. The van der Waals surface area contributed by atoms with Gasteiger partial charge in [0, 0.05) is 30.0 Å². The average Bonchev–Trinajstić information content (AvgIpc) is 2.63. The first-order chi connectivity index (χ1) is 12.6. The highest BCUT2D eigenvalue weighted by Gasteiger charge is 2.40. The molecule has 0 aromatic heterocycles. The summed E-state index contributed by atoms with van der Waals surface area (Å²) in [5, 5.41) is 10.0. The molecule has 0 bridgehead atoms. The predicted octanol–water partition coefficient (Wildman–Crippen LogP) is 4.57. The van der Waals surface area contributed by atoms with Crippen molar-refractivity contribution in [1.82, 2.24) is 0 Å². The van der Waals surface area contributed by atoms with E-state index in [-0.39, 0.29) is 29.8 Å². The fraction of sp³-hybridized carbons (Fsp3) is 0.238. The van der Waals surface area contributed by atoms with Gasteiger partial charge >= 0.3 is 0 Å². The van der Waals surface area contributed by atoms with Crippen molar-refractivity contribution in [2.75, 3.05) is 4.90 Å². The number of rotatable bonds is 2. The third-order valence-corrected chi connectivity index (χ3v) is 5.38. The topological polar surface area (TPSA) is 57.6 Å². The number of hydrogen-bond donors (Lipinski definition) is 1. The lowest BCUT2D eigenvalue weighted by Crippen LogP contribution is -2.40. The van der Waals surface area contributed by atoms with Gasteiger partial charge in [-0.3, -0.25) is 14.5 Å². The molecule has 4 rings (SSSR count). The van der Waals surface area contributed by atoms with Gasteiger partial charge in [-0.25, -0.2) is 0 Å². The number of carbonyl (C=O) groups is 2. The molecule has 1 heterocycles. The second-order valence-corrected chi connectivity index (χ2v) is 7.07. The summed E-state index contributed by atoms with van der Waals surface area (Å²) in [6.07, 6.45) is 2.11. The summed E-state index contributed by atoms with van der Waals surface area (Å²) in [5.41, 5.74) is 2.98. The van der Waals surface area contributed by atoms with Crippen molar-refractivity contribution in [1.29, 1.82) is 0 Å². The molecule has 4 nitrogen and oxygen atoms in total. The number of phenols is 1. The average molecular weight is 368 g/mol. The molecule has 1 unspecified atom stereocenters. The molecule has 1 N–H and O–H groups in total. The quantitative estimate of drug-likeness (QED) is 0.845. The molecule has 132 valence electrons. The van der Waals surface area contributed by atoms with Gasteiger partial charge in [-0.1, -0.05) is 35.9 Å². The summed E-state index contributed by atoms with van der Waals surface area (Å²) in [4.78, 5) is 27.4. The van der Waals surface area contributed by atoms with Crippen LogP contribution in [0.4, 0.5) is 5.69 Å². The van der Waals surface area contributed by atoms with Crippen LogP contribution in [0, 0.1) is 0 Å². The van der Waals surface area contributed by atoms with E-state index in [1.165, 1.54) is 0 Å². The fourth-order valence-corrected chi connectivity index (χ4v) is 4.12. The number of aromatic hydroxyl groups is 1. The lowest BCUT2D eigenvalue weighted by Gasteiger charge is -2.38. The van der Waals surface area contributed by atoms with Crippen molar-refractivity contribution in [3.63, 3.8) is 0 Å². The Labute approximate surface area is 156 Å². The van der Waals surface area contributed by atoms with Crippen molar-refractivity contribution in [2.24, 2.45) is 0 Å². The SMILES string of the molecule is O=C1CCCC2=C1C(c1ccc(O)cc1)CC(=O)N2c1ccccc1Cl. The van der Waals surface area contributed by atoms with Crippen LogP contribution in [0.1, 0.15) is 37.2 Å². The van der Waals surface area contributed by atoms with Gasteiger partial charge in [-0.05, 0) is 42.7 Å². The Hall–Kier alpha value is -2.59. The standard InChI is InChI=1S/C21H18ClNO3/c22-16-4-1-2-5-17(16)23-18-6-3-7-19(25)21(18)15(12-20(23)26)13-8-10-14(24)11-9-13/h1-2,4-5,8-11,15,24H,3,6-7,12H2. The minimum Gasteiger partial charge on any atom is -0.508 e. The second-order valence-electron chi connectivity index (χ2n) is 6.67. The third kappa shape index (κ3) is 2.80. The Morgan fingerprint density at radius 3 is 2.46 bits per heavy atom. The lowest BCUT2D eigenvalue weighted by atomic mass is 9.77. The molecule has 2 aromatic carbocycles. The van der Waals surface area contributed by atoms with Crippen LogP contribution < -0.4 is 4.90 Å². The van der Waals surface area contributed by atoms with E-state index >= 15 is 0 Å². The van der Waals surface area contributed by atoms with Crippen LogP contribution in [0.5, 0.6) is 5.75 Å². The number of anilines is 1. The summed E-state index contributed by atoms with van der Waals surface area (Å²) >= 11 is 6.33. The normalized spacial score (nSPS) is 20.3. The van der Waals surface area contributed by atoms with E-state index in [0.29, 0.717) is 29.1 Å². The number of allylic oxidation sites excluding steroid dienone is 2. The Kier molecular flexibility index (Phi) is 4.29. The third-order valence-electron chi connectivity index (χ3n) is 5.06. The number of hydrogen-bond acceptors (Lipinski definition) is 3. The molecule has 2 aromatic rings. The maximum absolute atomic E-state index is 13.0. The number of amides is 1. The smallest absolute Gasteiger partial charge is 0.232 e. The Morgan fingerprint density at radius 1 is 1.00 bits per heavy atom. The van der Waals surface area contributed by atoms with E-state index in [0.717, 1.165) is 17.7 Å². The van der Waals surface area contributed by atoms with Crippen LogP contribution in [0.2, 0.25) is 5.02 Å². The van der Waals surface area contributed by atoms with Crippen LogP contribution in [0.25, 0.3) is 0 Å². The zero-order valence-electron chi connectivity index (χ0n) is 14.1. The fourth-order valence-electron chi connectivity index (χ4n) is 3.90. The van der Waals surface area contributed by atoms with E-state index in [4.69, 9.17) is 11.6 Å². The number of phenolic OH excluding ortho intramolecular Hbond substituents is 1. The molecule has 0 radical (unpaired) electrons. The molecule has 1 atom stereocenters.